The molecule has 1 atom stereocenters. The van der Waals surface area contributed by atoms with Crippen LogP contribution in [0.15, 0.2) is 10.9 Å². The first-order valence-corrected chi connectivity index (χ1v) is 5.79. The Bertz CT molecular complexity index is 322. The average molecular weight is 227 g/mol. The minimum atomic E-state index is -0.817. The minimum absolute atomic E-state index is 0.585. The van der Waals surface area contributed by atoms with Gasteiger partial charge < -0.3 is 10.4 Å². The van der Waals surface area contributed by atoms with Crippen molar-refractivity contribution in [1.29, 1.82) is 0 Å². The number of aromatic nitrogens is 1. The van der Waals surface area contributed by atoms with Crippen LogP contribution in [-0.2, 0) is 4.79 Å². The molecule has 2 heterocycles. The van der Waals surface area contributed by atoms with Crippen molar-refractivity contribution in [3.8, 4) is 0 Å². The number of carboxylic acid groups (broad SMARTS) is 1. The third-order valence-electron chi connectivity index (χ3n) is 2.48. The maximum absolute atomic E-state index is 11.2. The van der Waals surface area contributed by atoms with E-state index in [0.717, 1.165) is 26.2 Å². The van der Waals surface area contributed by atoms with Crippen LogP contribution in [0.3, 0.4) is 0 Å². The van der Waals surface area contributed by atoms with E-state index in [1.165, 1.54) is 11.3 Å². The van der Waals surface area contributed by atoms with Gasteiger partial charge in [0.1, 0.15) is 0 Å². The third kappa shape index (κ3) is 2.34. The Labute approximate surface area is 91.7 Å². The standard InChI is InChI=1S/C9H13N3O2S/c13-9(14)8(7-5-15-6-11-7)12-3-1-10-2-4-12/h5-6,8,10H,1-4H2,(H,13,14). The lowest BCUT2D eigenvalue weighted by Gasteiger charge is -2.31. The van der Waals surface area contributed by atoms with E-state index < -0.39 is 12.0 Å². The van der Waals surface area contributed by atoms with E-state index in [1.54, 1.807) is 10.9 Å². The van der Waals surface area contributed by atoms with E-state index in [0.29, 0.717) is 5.69 Å². The third-order valence-corrected chi connectivity index (χ3v) is 3.09. The highest BCUT2D eigenvalue weighted by molar-refractivity contribution is 7.07. The van der Waals surface area contributed by atoms with Gasteiger partial charge in [0.2, 0.25) is 0 Å². The zero-order valence-corrected chi connectivity index (χ0v) is 9.04. The molecule has 1 unspecified atom stereocenters. The van der Waals surface area contributed by atoms with Gasteiger partial charge in [-0.3, -0.25) is 9.69 Å². The Hall–Kier alpha value is -0.980. The lowest BCUT2D eigenvalue weighted by atomic mass is 10.1. The van der Waals surface area contributed by atoms with Crippen molar-refractivity contribution in [2.45, 2.75) is 6.04 Å². The Morgan fingerprint density at radius 1 is 1.60 bits per heavy atom. The van der Waals surface area contributed by atoms with E-state index in [1.807, 2.05) is 4.90 Å². The number of nitrogens with one attached hydrogen (secondary N) is 1. The van der Waals surface area contributed by atoms with Gasteiger partial charge in [0.15, 0.2) is 6.04 Å². The second-order valence-corrected chi connectivity index (χ2v) is 4.16. The van der Waals surface area contributed by atoms with Crippen LogP contribution in [0.25, 0.3) is 0 Å². The quantitative estimate of drug-likeness (QED) is 0.771. The van der Waals surface area contributed by atoms with Gasteiger partial charge in [-0.2, -0.15) is 0 Å². The average Bonchev–Trinajstić information content (AvgIpc) is 2.72. The molecule has 0 bridgehead atoms. The summed E-state index contributed by atoms with van der Waals surface area (Å²) in [6.45, 7) is 3.20. The highest BCUT2D eigenvalue weighted by atomic mass is 32.1. The molecule has 6 heteroatoms. The van der Waals surface area contributed by atoms with E-state index in [9.17, 15) is 9.90 Å². The van der Waals surface area contributed by atoms with Gasteiger partial charge in [-0.1, -0.05) is 0 Å². The van der Waals surface area contributed by atoms with Gasteiger partial charge in [0.25, 0.3) is 0 Å². The Morgan fingerprint density at radius 2 is 2.33 bits per heavy atom. The molecule has 1 saturated heterocycles. The molecule has 0 aliphatic carbocycles. The van der Waals surface area contributed by atoms with Crippen molar-refractivity contribution < 1.29 is 9.90 Å². The molecule has 1 fully saturated rings. The van der Waals surface area contributed by atoms with Crippen LogP contribution in [0.4, 0.5) is 0 Å². The van der Waals surface area contributed by atoms with Gasteiger partial charge in [0, 0.05) is 31.6 Å². The summed E-state index contributed by atoms with van der Waals surface area (Å²) < 4.78 is 0. The lowest BCUT2D eigenvalue weighted by molar-refractivity contribution is -0.144. The molecule has 0 spiro atoms. The number of aliphatic carboxylic acids is 1. The number of rotatable bonds is 3. The van der Waals surface area contributed by atoms with Crippen LogP contribution in [0, 0.1) is 0 Å². The number of carboxylic acids is 1. The van der Waals surface area contributed by atoms with Gasteiger partial charge in [-0.25, -0.2) is 4.98 Å². The highest BCUT2D eigenvalue weighted by Crippen LogP contribution is 2.21. The highest BCUT2D eigenvalue weighted by Gasteiger charge is 2.29. The zero-order valence-electron chi connectivity index (χ0n) is 8.22. The topological polar surface area (TPSA) is 65.5 Å². The summed E-state index contributed by atoms with van der Waals surface area (Å²) in [4.78, 5) is 17.2. The number of hydrogen-bond acceptors (Lipinski definition) is 5. The molecule has 0 aromatic carbocycles. The van der Waals surface area contributed by atoms with Crippen LogP contribution in [0.1, 0.15) is 11.7 Å². The number of thiazole rings is 1. The smallest absolute Gasteiger partial charge is 0.327 e. The zero-order chi connectivity index (χ0) is 10.7. The van der Waals surface area contributed by atoms with E-state index in [2.05, 4.69) is 10.3 Å². The molecule has 2 N–H and O–H groups in total. The first kappa shape index (κ1) is 10.5. The number of nitrogens with zero attached hydrogens (tertiary/aromatic N) is 2. The fraction of sp³-hybridized carbons (Fsp3) is 0.556. The predicted octanol–water partition coefficient (Wildman–Crippen LogP) is 0.174. The second kappa shape index (κ2) is 4.69. The summed E-state index contributed by atoms with van der Waals surface area (Å²) in [5, 5.41) is 14.2. The molecular weight excluding hydrogens is 214 g/mol. The lowest BCUT2D eigenvalue weighted by Crippen LogP contribution is -2.47. The van der Waals surface area contributed by atoms with Gasteiger partial charge in [-0.05, 0) is 0 Å². The molecule has 1 aliphatic heterocycles. The van der Waals surface area contributed by atoms with Crippen LogP contribution >= 0.6 is 11.3 Å². The Morgan fingerprint density at radius 3 is 2.87 bits per heavy atom. The molecule has 0 amide bonds. The summed E-state index contributed by atoms with van der Waals surface area (Å²) in [6, 6.07) is -0.585. The normalized spacial score (nSPS) is 20.0. The van der Waals surface area contributed by atoms with Crippen LogP contribution in [0.2, 0.25) is 0 Å². The molecule has 5 nitrogen and oxygen atoms in total. The molecule has 0 saturated carbocycles. The van der Waals surface area contributed by atoms with Crippen molar-refractivity contribution in [3.05, 3.63) is 16.6 Å². The molecule has 1 aromatic heterocycles. The second-order valence-electron chi connectivity index (χ2n) is 3.44. The van der Waals surface area contributed by atoms with Crippen LogP contribution in [0.5, 0.6) is 0 Å². The SMILES string of the molecule is O=C(O)C(c1cscn1)N1CCNCC1. The van der Waals surface area contributed by atoms with Crippen LogP contribution in [-0.4, -0.2) is 47.1 Å². The molecule has 82 valence electrons. The molecule has 0 radical (unpaired) electrons. The largest absolute Gasteiger partial charge is 0.480 e. The van der Waals surface area contributed by atoms with E-state index in [-0.39, 0.29) is 0 Å². The van der Waals surface area contributed by atoms with Gasteiger partial charge in [0.05, 0.1) is 11.2 Å². The monoisotopic (exact) mass is 227 g/mol. The van der Waals surface area contributed by atoms with Crippen molar-refractivity contribution in [1.82, 2.24) is 15.2 Å². The fourth-order valence-corrected chi connectivity index (χ4v) is 2.34. The molecular formula is C9H13N3O2S. The maximum atomic E-state index is 11.2. The van der Waals surface area contributed by atoms with Crippen molar-refractivity contribution in [2.24, 2.45) is 0 Å². The summed E-state index contributed by atoms with van der Waals surface area (Å²) >= 11 is 1.43. The molecule has 2 rings (SSSR count). The van der Waals surface area contributed by atoms with Gasteiger partial charge in [-0.15, -0.1) is 11.3 Å². The van der Waals surface area contributed by atoms with E-state index >= 15 is 0 Å². The molecule has 15 heavy (non-hydrogen) atoms. The first-order chi connectivity index (χ1) is 7.29. The summed E-state index contributed by atoms with van der Waals surface area (Å²) in [6.07, 6.45) is 0. The number of hydrogen-bond donors (Lipinski definition) is 2. The van der Waals surface area contributed by atoms with E-state index in [4.69, 9.17) is 0 Å². The van der Waals surface area contributed by atoms with Crippen LogP contribution < -0.4 is 5.32 Å². The summed E-state index contributed by atoms with van der Waals surface area (Å²) in [5.74, 6) is -0.817. The Balaban J connectivity index is 2.15. The summed E-state index contributed by atoms with van der Waals surface area (Å²) in [5.41, 5.74) is 2.32. The number of carbonyl (C=O) groups is 1. The Kier molecular flexibility index (Phi) is 3.30. The van der Waals surface area contributed by atoms with Gasteiger partial charge >= 0.3 is 5.97 Å². The maximum Gasteiger partial charge on any atom is 0.327 e. The molecule has 1 aromatic rings. The first-order valence-electron chi connectivity index (χ1n) is 4.84. The fourth-order valence-electron chi connectivity index (χ4n) is 1.77. The van der Waals surface area contributed by atoms with Crippen molar-refractivity contribution in [2.75, 3.05) is 26.2 Å². The van der Waals surface area contributed by atoms with Crippen molar-refractivity contribution in [3.63, 3.8) is 0 Å². The van der Waals surface area contributed by atoms with Crippen molar-refractivity contribution >= 4 is 17.3 Å². The number of piperazine rings is 1. The summed E-state index contributed by atoms with van der Waals surface area (Å²) in [7, 11) is 0. The predicted molar refractivity (Wildman–Crippen MR) is 56.9 cm³/mol. The molecule has 1 aliphatic rings. The minimum Gasteiger partial charge on any atom is -0.480 e.